The number of esters is 1. The molecule has 3 rings (SSSR count). The Balaban J connectivity index is 1.56. The van der Waals surface area contributed by atoms with Gasteiger partial charge >= 0.3 is 5.97 Å². The minimum atomic E-state index is -0.594. The highest BCUT2D eigenvalue weighted by molar-refractivity contribution is 5.69. The van der Waals surface area contributed by atoms with E-state index in [1.54, 1.807) is 0 Å². The molecule has 0 radical (unpaired) electrons. The van der Waals surface area contributed by atoms with Crippen LogP contribution in [0.2, 0.25) is 0 Å². The van der Waals surface area contributed by atoms with Crippen LogP contribution in [-0.2, 0) is 28.5 Å². The van der Waals surface area contributed by atoms with Crippen molar-refractivity contribution in [2.45, 2.75) is 166 Å². The number of rotatable bonds is 20. The molecule has 0 amide bonds. The first-order valence-corrected chi connectivity index (χ1v) is 16.9. The molecule has 0 aromatic heterocycles. The molecule has 2 saturated heterocycles. The molecule has 0 aromatic carbocycles. The average molecular weight is 581 g/mol. The summed E-state index contributed by atoms with van der Waals surface area (Å²) in [6.07, 6.45) is 21.7. The minimum Gasteiger partial charge on any atom is -0.463 e. The molecule has 1 N–H and O–H groups in total. The lowest BCUT2D eigenvalue weighted by molar-refractivity contribution is -0.198. The Hall–Kier alpha value is -0.990. The predicted molar refractivity (Wildman–Crippen MR) is 162 cm³/mol. The van der Waals surface area contributed by atoms with Crippen LogP contribution in [-0.4, -0.2) is 67.2 Å². The van der Waals surface area contributed by atoms with Crippen molar-refractivity contribution in [2.24, 2.45) is 5.92 Å². The molecule has 7 nitrogen and oxygen atoms in total. The van der Waals surface area contributed by atoms with Crippen LogP contribution in [0.1, 0.15) is 136 Å². The summed E-state index contributed by atoms with van der Waals surface area (Å²) >= 11 is 0. The molecule has 7 heteroatoms. The molecule has 0 spiro atoms. The lowest BCUT2D eigenvalue weighted by Crippen LogP contribution is -2.50. The number of carbonyl (C=O) groups excluding carboxylic acids is 1. The largest absolute Gasteiger partial charge is 0.463 e. The quantitative estimate of drug-likeness (QED) is 0.0911. The molecule has 1 saturated carbocycles. The minimum absolute atomic E-state index is 0.0319. The molecule has 2 aliphatic heterocycles. The first kappa shape index (κ1) is 34.5. The van der Waals surface area contributed by atoms with Gasteiger partial charge in [-0.15, -0.1) is 0 Å². The second-order valence-corrected chi connectivity index (χ2v) is 12.8. The Morgan fingerprint density at radius 3 is 2.46 bits per heavy atom. The number of aliphatic hydroxyl groups excluding tert-OH is 1. The van der Waals surface area contributed by atoms with Gasteiger partial charge in [0.25, 0.3) is 0 Å². The van der Waals surface area contributed by atoms with E-state index in [1.165, 1.54) is 25.7 Å². The van der Waals surface area contributed by atoms with Crippen LogP contribution in [0.25, 0.3) is 0 Å². The number of hydrogen-bond donors (Lipinski definition) is 1. The molecule has 0 aromatic rings. The third-order valence-corrected chi connectivity index (χ3v) is 9.12. The Bertz CT molecular complexity index is 741. The molecule has 0 unspecified atom stereocenters. The summed E-state index contributed by atoms with van der Waals surface area (Å²) in [4.78, 5) is 11.7. The van der Waals surface area contributed by atoms with E-state index in [0.29, 0.717) is 32.7 Å². The van der Waals surface area contributed by atoms with E-state index in [-0.39, 0.29) is 24.1 Å². The van der Waals surface area contributed by atoms with Crippen LogP contribution in [0.3, 0.4) is 0 Å². The lowest BCUT2D eigenvalue weighted by Gasteiger charge is -2.42. The highest BCUT2D eigenvalue weighted by Crippen LogP contribution is 2.47. The molecular formula is C34H60O7. The summed E-state index contributed by atoms with van der Waals surface area (Å²) in [6.45, 7) is 8.77. The van der Waals surface area contributed by atoms with E-state index in [2.05, 4.69) is 19.1 Å². The van der Waals surface area contributed by atoms with Gasteiger partial charge < -0.3 is 28.8 Å². The molecule has 2 heterocycles. The number of allylic oxidation sites excluding steroid dienone is 1. The first-order valence-electron chi connectivity index (χ1n) is 16.9. The number of hydrogen-bond acceptors (Lipinski definition) is 7. The third-order valence-electron chi connectivity index (χ3n) is 9.12. The van der Waals surface area contributed by atoms with Gasteiger partial charge in [-0.2, -0.15) is 0 Å². The monoisotopic (exact) mass is 580 g/mol. The summed E-state index contributed by atoms with van der Waals surface area (Å²) in [5.74, 6) is -0.327. The summed E-state index contributed by atoms with van der Waals surface area (Å²) in [5.41, 5.74) is -0.594. The molecule has 0 bridgehead atoms. The van der Waals surface area contributed by atoms with Gasteiger partial charge in [0.05, 0.1) is 38.1 Å². The zero-order chi connectivity index (χ0) is 29.4. The average Bonchev–Trinajstić information content (AvgIpc) is 3.54. The van der Waals surface area contributed by atoms with E-state index >= 15 is 0 Å². The normalized spacial score (nSPS) is 28.2. The van der Waals surface area contributed by atoms with Crippen molar-refractivity contribution in [3.63, 3.8) is 0 Å². The highest BCUT2D eigenvalue weighted by atomic mass is 16.7. The maximum absolute atomic E-state index is 11.7. The van der Waals surface area contributed by atoms with E-state index in [0.717, 1.165) is 83.7 Å². The molecule has 3 aliphatic rings. The molecule has 4 atom stereocenters. The van der Waals surface area contributed by atoms with Crippen LogP contribution >= 0.6 is 0 Å². The van der Waals surface area contributed by atoms with Gasteiger partial charge in [-0.1, -0.05) is 51.2 Å². The molecule has 1 aliphatic carbocycles. The number of ether oxygens (including phenoxy) is 5. The van der Waals surface area contributed by atoms with Gasteiger partial charge in [0, 0.05) is 25.9 Å². The third kappa shape index (κ3) is 11.6. The van der Waals surface area contributed by atoms with Crippen LogP contribution < -0.4 is 0 Å². The van der Waals surface area contributed by atoms with Crippen molar-refractivity contribution in [3.05, 3.63) is 12.2 Å². The number of carbonyl (C=O) groups is 1. The van der Waals surface area contributed by atoms with Gasteiger partial charge in [-0.25, -0.2) is 0 Å². The van der Waals surface area contributed by atoms with Crippen molar-refractivity contribution < 1.29 is 33.6 Å². The Labute approximate surface area is 250 Å². The number of unbranched alkanes of at least 4 members (excludes halogenated alkanes) is 7. The SMILES string of the molecule is CCCCCCCC1(CC[C@H]2CC[C@H](O)[C@]2(C/C=C\CCCCCC(=O)OC(C)C)O[C@@H]2CCCOC2)OCCO1. The maximum Gasteiger partial charge on any atom is 0.306 e. The zero-order valence-corrected chi connectivity index (χ0v) is 26.4. The predicted octanol–water partition coefficient (Wildman–Crippen LogP) is 7.42. The summed E-state index contributed by atoms with van der Waals surface area (Å²) < 4.78 is 30.3. The Morgan fingerprint density at radius 1 is 0.951 bits per heavy atom. The van der Waals surface area contributed by atoms with Crippen LogP contribution in [0.15, 0.2) is 12.2 Å². The van der Waals surface area contributed by atoms with Crippen molar-refractivity contribution in [2.75, 3.05) is 26.4 Å². The van der Waals surface area contributed by atoms with E-state index in [1.807, 2.05) is 13.8 Å². The van der Waals surface area contributed by atoms with Crippen molar-refractivity contribution in [1.29, 1.82) is 0 Å². The Kier molecular flexibility index (Phi) is 15.7. The standard InChI is InChI=1S/C34H60O7/c1-4-5-6-10-13-21-33(38-25-26-39-33)23-20-29-18-19-31(35)34(29,41-30-16-15-24-37-27-30)22-14-11-8-7-9-12-17-32(36)40-28(2)3/h11,14,28-31,35H,4-10,12-13,15-27H2,1-3H3/b14-11-/t29-,30-,31+,34-/m1/s1. The first-order chi connectivity index (χ1) is 19.9. The number of aliphatic hydroxyl groups is 1. The Morgan fingerprint density at radius 2 is 1.73 bits per heavy atom. The molecular weight excluding hydrogens is 520 g/mol. The van der Waals surface area contributed by atoms with Gasteiger partial charge in [0.1, 0.15) is 5.60 Å². The van der Waals surface area contributed by atoms with E-state index in [9.17, 15) is 9.90 Å². The summed E-state index contributed by atoms with van der Waals surface area (Å²) in [5, 5.41) is 11.4. The van der Waals surface area contributed by atoms with Crippen molar-refractivity contribution >= 4 is 5.97 Å². The topological polar surface area (TPSA) is 83.5 Å². The maximum atomic E-state index is 11.7. The second-order valence-electron chi connectivity index (χ2n) is 12.8. The van der Waals surface area contributed by atoms with Gasteiger partial charge in [-0.05, 0) is 84.0 Å². The smallest absolute Gasteiger partial charge is 0.306 e. The van der Waals surface area contributed by atoms with Gasteiger partial charge in [0.15, 0.2) is 5.79 Å². The van der Waals surface area contributed by atoms with Crippen LogP contribution in [0.5, 0.6) is 0 Å². The fourth-order valence-corrected chi connectivity index (χ4v) is 6.87. The van der Waals surface area contributed by atoms with E-state index < -0.39 is 17.5 Å². The van der Waals surface area contributed by atoms with Crippen molar-refractivity contribution in [3.8, 4) is 0 Å². The second kappa shape index (κ2) is 18.6. The van der Waals surface area contributed by atoms with Gasteiger partial charge in [0.2, 0.25) is 0 Å². The van der Waals surface area contributed by atoms with Gasteiger partial charge in [-0.3, -0.25) is 4.79 Å². The lowest BCUT2D eigenvalue weighted by atomic mass is 9.81. The molecule has 41 heavy (non-hydrogen) atoms. The molecule has 238 valence electrons. The summed E-state index contributed by atoms with van der Waals surface area (Å²) in [6, 6.07) is 0. The fourth-order valence-electron chi connectivity index (χ4n) is 6.87. The zero-order valence-electron chi connectivity index (χ0n) is 26.4. The van der Waals surface area contributed by atoms with Crippen LogP contribution in [0, 0.1) is 5.92 Å². The van der Waals surface area contributed by atoms with Crippen molar-refractivity contribution in [1.82, 2.24) is 0 Å². The van der Waals surface area contributed by atoms with Crippen LogP contribution in [0.4, 0.5) is 0 Å². The van der Waals surface area contributed by atoms with E-state index in [4.69, 9.17) is 23.7 Å². The fraction of sp³-hybridized carbons (Fsp3) is 0.912. The summed E-state index contributed by atoms with van der Waals surface area (Å²) in [7, 11) is 0. The molecule has 3 fully saturated rings. The highest BCUT2D eigenvalue weighted by Gasteiger charge is 2.52.